The maximum absolute atomic E-state index is 2.39. The largest absolute Gasteiger partial charge is 0.0683 e. The molecule has 3 aromatic rings. The zero-order chi connectivity index (χ0) is 18.4. The quantitative estimate of drug-likeness (QED) is 0.483. The van der Waals surface area contributed by atoms with Gasteiger partial charge in [-0.3, -0.25) is 0 Å². The predicted octanol–water partition coefficient (Wildman–Crippen LogP) is 6.89. The Hall–Kier alpha value is -2.86. The molecule has 0 aromatic heterocycles. The number of fused-ring (bicyclic) bond motifs is 2. The first-order valence-corrected chi connectivity index (χ1v) is 9.93. The second-order valence-corrected chi connectivity index (χ2v) is 7.80. The first-order valence-electron chi connectivity index (χ1n) is 9.93. The lowest BCUT2D eigenvalue weighted by atomic mass is 9.82. The van der Waals surface area contributed by atoms with Crippen molar-refractivity contribution in [2.24, 2.45) is 0 Å². The SMILES string of the molecule is CCc1ccc(C2=Cc3ccccc3C2c2cccc3c2C=C(C)C3)cc1. The molecule has 2 aliphatic rings. The lowest BCUT2D eigenvalue weighted by Gasteiger charge is -2.21. The third kappa shape index (κ3) is 2.68. The first-order chi connectivity index (χ1) is 13.2. The zero-order valence-electron chi connectivity index (χ0n) is 16.0. The summed E-state index contributed by atoms with van der Waals surface area (Å²) in [5, 5.41) is 0. The van der Waals surface area contributed by atoms with Gasteiger partial charge in [0.25, 0.3) is 0 Å². The van der Waals surface area contributed by atoms with E-state index in [-0.39, 0.29) is 0 Å². The molecule has 0 amide bonds. The molecule has 5 rings (SSSR count). The molecular weight excluding hydrogens is 324 g/mol. The Labute approximate surface area is 161 Å². The van der Waals surface area contributed by atoms with E-state index in [0.29, 0.717) is 5.92 Å². The van der Waals surface area contributed by atoms with E-state index in [1.807, 2.05) is 0 Å². The molecule has 0 bridgehead atoms. The molecule has 0 fully saturated rings. The molecule has 132 valence electrons. The number of aryl methyl sites for hydroxylation is 1. The van der Waals surface area contributed by atoms with Gasteiger partial charge in [-0.1, -0.05) is 85.3 Å². The van der Waals surface area contributed by atoms with Gasteiger partial charge in [-0.2, -0.15) is 0 Å². The van der Waals surface area contributed by atoms with Crippen LogP contribution >= 0.6 is 0 Å². The lowest BCUT2D eigenvalue weighted by Crippen LogP contribution is -2.04. The Morgan fingerprint density at radius 3 is 2.41 bits per heavy atom. The fourth-order valence-corrected chi connectivity index (χ4v) is 4.65. The summed E-state index contributed by atoms with van der Waals surface area (Å²) in [6.45, 7) is 4.46. The number of hydrogen-bond donors (Lipinski definition) is 0. The van der Waals surface area contributed by atoms with Crippen molar-refractivity contribution in [2.45, 2.75) is 32.6 Å². The van der Waals surface area contributed by atoms with Crippen molar-refractivity contribution in [3.63, 3.8) is 0 Å². The second kappa shape index (κ2) is 6.39. The van der Waals surface area contributed by atoms with Crippen LogP contribution in [0.25, 0.3) is 17.7 Å². The minimum atomic E-state index is 0.311. The fourth-order valence-electron chi connectivity index (χ4n) is 4.65. The highest BCUT2D eigenvalue weighted by atomic mass is 14.3. The normalized spacial score (nSPS) is 17.3. The zero-order valence-corrected chi connectivity index (χ0v) is 16.0. The molecule has 3 aromatic carbocycles. The summed E-state index contributed by atoms with van der Waals surface area (Å²) in [6, 6.07) is 24.9. The van der Waals surface area contributed by atoms with Crippen LogP contribution < -0.4 is 0 Å². The molecule has 0 nitrogen and oxygen atoms in total. The van der Waals surface area contributed by atoms with E-state index in [4.69, 9.17) is 0 Å². The lowest BCUT2D eigenvalue weighted by molar-refractivity contribution is 1.05. The highest BCUT2D eigenvalue weighted by Crippen LogP contribution is 2.48. The van der Waals surface area contributed by atoms with Crippen LogP contribution in [-0.4, -0.2) is 0 Å². The van der Waals surface area contributed by atoms with Gasteiger partial charge in [0.1, 0.15) is 0 Å². The molecular formula is C27H24. The van der Waals surface area contributed by atoms with Crippen molar-refractivity contribution < 1.29 is 0 Å². The Morgan fingerprint density at radius 1 is 0.815 bits per heavy atom. The second-order valence-electron chi connectivity index (χ2n) is 7.80. The molecule has 1 atom stereocenters. The first kappa shape index (κ1) is 16.3. The molecule has 27 heavy (non-hydrogen) atoms. The van der Waals surface area contributed by atoms with Crippen LogP contribution in [0.2, 0.25) is 0 Å². The van der Waals surface area contributed by atoms with Crippen molar-refractivity contribution in [1.82, 2.24) is 0 Å². The third-order valence-corrected chi connectivity index (χ3v) is 6.03. The Balaban J connectivity index is 1.69. The van der Waals surface area contributed by atoms with E-state index < -0.39 is 0 Å². The highest BCUT2D eigenvalue weighted by molar-refractivity contribution is 5.94. The van der Waals surface area contributed by atoms with Gasteiger partial charge in [-0.05, 0) is 70.4 Å². The molecule has 0 N–H and O–H groups in total. The monoisotopic (exact) mass is 348 g/mol. The molecule has 0 heteroatoms. The van der Waals surface area contributed by atoms with Crippen molar-refractivity contribution in [3.05, 3.63) is 111 Å². The summed E-state index contributed by atoms with van der Waals surface area (Å²) in [6.07, 6.45) is 6.95. The van der Waals surface area contributed by atoms with Gasteiger partial charge < -0.3 is 0 Å². The van der Waals surface area contributed by atoms with Crippen LogP contribution in [0.15, 0.2) is 72.3 Å². The summed E-state index contributed by atoms with van der Waals surface area (Å²) in [5.41, 5.74) is 12.7. The smallest absolute Gasteiger partial charge is 0.0358 e. The summed E-state index contributed by atoms with van der Waals surface area (Å²) < 4.78 is 0. The van der Waals surface area contributed by atoms with E-state index >= 15 is 0 Å². The molecule has 2 aliphatic carbocycles. The van der Waals surface area contributed by atoms with Crippen LogP contribution in [0, 0.1) is 0 Å². The van der Waals surface area contributed by atoms with Crippen LogP contribution in [0.5, 0.6) is 0 Å². The Bertz CT molecular complexity index is 1080. The summed E-state index contributed by atoms with van der Waals surface area (Å²) in [5.74, 6) is 0.311. The van der Waals surface area contributed by atoms with E-state index in [1.165, 1.54) is 50.1 Å². The summed E-state index contributed by atoms with van der Waals surface area (Å²) >= 11 is 0. The van der Waals surface area contributed by atoms with Crippen molar-refractivity contribution in [3.8, 4) is 0 Å². The topological polar surface area (TPSA) is 0 Å². The average molecular weight is 348 g/mol. The van der Waals surface area contributed by atoms with Crippen molar-refractivity contribution in [2.75, 3.05) is 0 Å². The van der Waals surface area contributed by atoms with Crippen molar-refractivity contribution in [1.29, 1.82) is 0 Å². The summed E-state index contributed by atoms with van der Waals surface area (Å²) in [4.78, 5) is 0. The number of rotatable bonds is 3. The van der Waals surface area contributed by atoms with Gasteiger partial charge in [0.2, 0.25) is 0 Å². The molecule has 0 radical (unpaired) electrons. The third-order valence-electron chi connectivity index (χ3n) is 6.03. The van der Waals surface area contributed by atoms with Gasteiger partial charge in [-0.15, -0.1) is 0 Å². The molecule has 0 saturated carbocycles. The van der Waals surface area contributed by atoms with Crippen LogP contribution in [0.4, 0.5) is 0 Å². The number of benzene rings is 3. The van der Waals surface area contributed by atoms with Crippen LogP contribution in [-0.2, 0) is 12.8 Å². The highest BCUT2D eigenvalue weighted by Gasteiger charge is 2.30. The number of hydrogen-bond acceptors (Lipinski definition) is 0. The Kier molecular flexibility index (Phi) is 3.86. The van der Waals surface area contributed by atoms with Crippen LogP contribution in [0.3, 0.4) is 0 Å². The van der Waals surface area contributed by atoms with E-state index in [0.717, 1.165) is 12.8 Å². The maximum Gasteiger partial charge on any atom is 0.0358 e. The number of allylic oxidation sites excluding steroid dienone is 2. The standard InChI is InChI=1S/C27H24/c1-3-19-11-13-20(14-12-19)26-17-22-7-4-5-9-23(22)27(26)24-10-6-8-21-15-18(2)16-25(21)24/h4-14,16-17,27H,3,15H2,1-2H3. The van der Waals surface area contributed by atoms with Gasteiger partial charge in [0.15, 0.2) is 0 Å². The predicted molar refractivity (Wildman–Crippen MR) is 116 cm³/mol. The minimum Gasteiger partial charge on any atom is -0.0683 e. The Morgan fingerprint density at radius 2 is 1.59 bits per heavy atom. The molecule has 1 unspecified atom stereocenters. The van der Waals surface area contributed by atoms with E-state index in [1.54, 1.807) is 0 Å². The van der Waals surface area contributed by atoms with E-state index in [9.17, 15) is 0 Å². The van der Waals surface area contributed by atoms with E-state index in [2.05, 4.69) is 92.7 Å². The van der Waals surface area contributed by atoms with Gasteiger partial charge >= 0.3 is 0 Å². The van der Waals surface area contributed by atoms with Gasteiger partial charge in [-0.25, -0.2) is 0 Å². The average Bonchev–Trinajstić information content (AvgIpc) is 3.27. The minimum absolute atomic E-state index is 0.311. The molecule has 0 aliphatic heterocycles. The van der Waals surface area contributed by atoms with Gasteiger partial charge in [0.05, 0.1) is 0 Å². The van der Waals surface area contributed by atoms with Crippen molar-refractivity contribution >= 4 is 17.7 Å². The molecule has 0 spiro atoms. The van der Waals surface area contributed by atoms with Gasteiger partial charge in [0, 0.05) is 5.92 Å². The fraction of sp³-hybridized carbons (Fsp3) is 0.185. The maximum atomic E-state index is 2.39. The molecule has 0 heterocycles. The van der Waals surface area contributed by atoms with Crippen LogP contribution in [0.1, 0.15) is 58.7 Å². The summed E-state index contributed by atoms with van der Waals surface area (Å²) in [7, 11) is 0. The molecule has 0 saturated heterocycles.